The summed E-state index contributed by atoms with van der Waals surface area (Å²) in [4.78, 5) is 63.0. The smallest absolute Gasteiger partial charge is 0.353 e. The van der Waals surface area contributed by atoms with Crippen molar-refractivity contribution in [2.45, 2.75) is 44.0 Å². The van der Waals surface area contributed by atoms with E-state index in [1.165, 1.54) is 30.5 Å². The number of pyridine rings is 1. The highest BCUT2D eigenvalue weighted by atomic mass is 32.2. The van der Waals surface area contributed by atoms with Gasteiger partial charge in [0.05, 0.1) is 13.3 Å². The Morgan fingerprint density at radius 2 is 1.96 bits per heavy atom. The molecule has 254 valence electrons. The number of aromatic nitrogens is 4. The maximum absolute atomic E-state index is 13.6. The van der Waals surface area contributed by atoms with Crippen molar-refractivity contribution in [1.29, 1.82) is 0 Å². The molecule has 0 spiro atoms. The molecule has 2 aliphatic rings. The van der Waals surface area contributed by atoms with Gasteiger partial charge in [-0.2, -0.15) is 9.36 Å². The van der Waals surface area contributed by atoms with Gasteiger partial charge in [-0.15, -0.1) is 11.8 Å². The number of methoxy groups -OCH3 is 1. The van der Waals surface area contributed by atoms with Gasteiger partial charge in [0.25, 0.3) is 17.5 Å². The molecular formula is C31H31N8O8S2+. The second-order valence-electron chi connectivity index (χ2n) is 11.4. The van der Waals surface area contributed by atoms with Gasteiger partial charge in [-0.1, -0.05) is 23.4 Å². The molecule has 49 heavy (non-hydrogen) atoms. The quantitative estimate of drug-likeness (QED) is 0.0628. The lowest BCUT2D eigenvalue weighted by Gasteiger charge is -2.49. The Morgan fingerprint density at radius 3 is 2.65 bits per heavy atom. The number of hydrogen-bond acceptors (Lipinski definition) is 13. The van der Waals surface area contributed by atoms with E-state index in [-0.39, 0.29) is 29.8 Å². The molecule has 0 saturated carbocycles. The number of carboxylic acids is 1. The summed E-state index contributed by atoms with van der Waals surface area (Å²) < 4.78 is 18.4. The van der Waals surface area contributed by atoms with Gasteiger partial charge in [0, 0.05) is 28.9 Å². The summed E-state index contributed by atoms with van der Waals surface area (Å²) in [5.41, 5.74) is 5.65. The van der Waals surface area contributed by atoms with Crippen molar-refractivity contribution in [3.05, 3.63) is 83.7 Å². The van der Waals surface area contributed by atoms with Crippen LogP contribution in [0.15, 0.2) is 77.5 Å². The number of carboxylic acid groups (broad SMARTS) is 1. The number of rotatable bonds is 12. The number of fused-ring (bicyclic) bond motifs is 2. The molecule has 1 saturated heterocycles. The normalized spacial score (nSPS) is 17.7. The Kier molecular flexibility index (Phi) is 9.24. The SMILES string of the molecule is COc1ccc(COC(=O)C(C)(C)O/N=C(\C(=O)N[C@@H]2C(=O)N3C(C(=O)O)=C(C[n+]4ccn5ccccc54)CS[C@H]23)c2nsc(N)n2)cc1. The number of benzene rings is 1. The molecular weight excluding hydrogens is 677 g/mol. The maximum atomic E-state index is 13.6. The third kappa shape index (κ3) is 6.77. The summed E-state index contributed by atoms with van der Waals surface area (Å²) >= 11 is 2.13. The molecule has 3 aromatic heterocycles. The van der Waals surface area contributed by atoms with Crippen LogP contribution in [0.5, 0.6) is 5.75 Å². The van der Waals surface area contributed by atoms with Gasteiger partial charge in [0.15, 0.2) is 5.13 Å². The molecule has 2 aliphatic heterocycles. The molecule has 1 fully saturated rings. The highest BCUT2D eigenvalue weighted by Gasteiger charge is 2.54. The van der Waals surface area contributed by atoms with Crippen molar-refractivity contribution in [3.8, 4) is 5.75 Å². The number of nitrogens with one attached hydrogen (secondary N) is 1. The number of ether oxygens (including phenoxy) is 2. The van der Waals surface area contributed by atoms with Crippen molar-refractivity contribution < 1.29 is 43.2 Å². The molecule has 5 heterocycles. The Hall–Kier alpha value is -5.49. The minimum Gasteiger partial charge on any atom is -0.497 e. The van der Waals surface area contributed by atoms with E-state index in [4.69, 9.17) is 20.0 Å². The van der Waals surface area contributed by atoms with Crippen molar-refractivity contribution in [3.63, 3.8) is 0 Å². The van der Waals surface area contributed by atoms with E-state index in [2.05, 4.69) is 19.8 Å². The number of nitrogens with zero attached hydrogens (tertiary/aromatic N) is 6. The fourth-order valence-electron chi connectivity index (χ4n) is 5.16. The van der Waals surface area contributed by atoms with Crippen LogP contribution in [-0.2, 0) is 41.9 Å². The minimum atomic E-state index is -1.65. The lowest BCUT2D eigenvalue weighted by atomic mass is 10.0. The second kappa shape index (κ2) is 13.6. The van der Waals surface area contributed by atoms with E-state index in [0.29, 0.717) is 22.6 Å². The number of nitrogen functional groups attached to an aromatic ring is 1. The lowest BCUT2D eigenvalue weighted by molar-refractivity contribution is -0.662. The molecule has 2 atom stereocenters. The predicted molar refractivity (Wildman–Crippen MR) is 176 cm³/mol. The van der Waals surface area contributed by atoms with Crippen LogP contribution in [0.2, 0.25) is 0 Å². The number of nitrogens with two attached hydrogens (primary N) is 1. The number of amides is 2. The topological polar surface area (TPSA) is 204 Å². The second-order valence-corrected chi connectivity index (χ2v) is 13.3. The number of carbonyl (C=O) groups excluding carboxylic acids is 3. The summed E-state index contributed by atoms with van der Waals surface area (Å²) in [7, 11) is 1.54. The first-order valence-corrected chi connectivity index (χ1v) is 16.6. The summed E-state index contributed by atoms with van der Waals surface area (Å²) in [5, 5.41) is 16.0. The predicted octanol–water partition coefficient (Wildman–Crippen LogP) is 1.35. The van der Waals surface area contributed by atoms with Crippen LogP contribution >= 0.6 is 23.3 Å². The van der Waals surface area contributed by atoms with E-state index >= 15 is 0 Å². The zero-order valence-electron chi connectivity index (χ0n) is 26.4. The first-order valence-electron chi connectivity index (χ1n) is 14.8. The monoisotopic (exact) mass is 707 g/mol. The number of esters is 1. The zero-order valence-corrected chi connectivity index (χ0v) is 28.1. The van der Waals surface area contributed by atoms with Gasteiger partial charge in [-0.25, -0.2) is 18.6 Å². The first kappa shape index (κ1) is 33.4. The largest absolute Gasteiger partial charge is 0.497 e. The lowest BCUT2D eigenvalue weighted by Crippen LogP contribution is -2.71. The summed E-state index contributed by atoms with van der Waals surface area (Å²) in [6, 6.07) is 11.5. The summed E-state index contributed by atoms with van der Waals surface area (Å²) in [6.07, 6.45) is 5.57. The molecule has 1 aromatic carbocycles. The number of β-lactam (4-membered cyclic amide) rings is 1. The number of hydrogen-bond donors (Lipinski definition) is 3. The molecule has 0 radical (unpaired) electrons. The van der Waals surface area contributed by atoms with Crippen LogP contribution in [0.4, 0.5) is 5.13 Å². The number of imidazole rings is 1. The van der Waals surface area contributed by atoms with Crippen LogP contribution in [0, 0.1) is 0 Å². The molecule has 4 N–H and O–H groups in total. The van der Waals surface area contributed by atoms with Gasteiger partial charge in [0.2, 0.25) is 17.1 Å². The van der Waals surface area contributed by atoms with Crippen LogP contribution < -0.4 is 20.4 Å². The summed E-state index contributed by atoms with van der Waals surface area (Å²) in [6.45, 7) is 3.02. The third-order valence-corrected chi connectivity index (χ3v) is 9.60. The van der Waals surface area contributed by atoms with Gasteiger partial charge in [-0.05, 0) is 37.6 Å². The van der Waals surface area contributed by atoms with Crippen LogP contribution in [0.1, 0.15) is 25.2 Å². The Morgan fingerprint density at radius 1 is 1.18 bits per heavy atom. The van der Waals surface area contributed by atoms with Gasteiger partial charge < -0.3 is 30.5 Å². The number of oxime groups is 1. The maximum Gasteiger partial charge on any atom is 0.353 e. The highest BCUT2D eigenvalue weighted by Crippen LogP contribution is 2.40. The molecule has 0 unspecified atom stereocenters. The van der Waals surface area contributed by atoms with E-state index in [9.17, 15) is 24.3 Å². The van der Waals surface area contributed by atoms with Crippen molar-refractivity contribution in [1.82, 2.24) is 24.0 Å². The number of anilines is 1. The van der Waals surface area contributed by atoms with E-state index in [1.54, 1.807) is 31.4 Å². The Balaban J connectivity index is 1.16. The molecule has 0 bridgehead atoms. The average Bonchev–Trinajstić information content (AvgIpc) is 3.71. The Bertz CT molecular complexity index is 2010. The van der Waals surface area contributed by atoms with Crippen LogP contribution in [0.3, 0.4) is 0 Å². The molecule has 4 aromatic rings. The van der Waals surface area contributed by atoms with Gasteiger partial charge in [-0.3, -0.25) is 14.5 Å². The number of thioether (sulfide) groups is 1. The van der Waals surface area contributed by atoms with Crippen LogP contribution in [-0.4, -0.2) is 83.1 Å². The van der Waals surface area contributed by atoms with Crippen molar-refractivity contribution in [2.24, 2.45) is 5.16 Å². The van der Waals surface area contributed by atoms with E-state index < -0.39 is 46.5 Å². The minimum absolute atomic E-state index is 0.0417. The number of aliphatic carboxylic acids is 1. The molecule has 16 nitrogen and oxygen atoms in total. The first-order chi connectivity index (χ1) is 23.5. The average molecular weight is 708 g/mol. The standard InChI is InChI=1S/C31H30N8O8S2/c1-31(2,29(44)46-15-17-7-9-19(45-3)10-8-17)47-35-21(24-34-30(32)49-36-24)25(40)33-22-26(41)39-23(28(42)43)18(16-48-27(22)39)14-38-13-12-37-11-5-4-6-20(37)38/h4-13,22,27H,14-16H2,1-3H3,(H3-,32,33,34,36,40,42,43)/p+1/b35-21-/t22-,27-/m1/s1. The van der Waals surface area contributed by atoms with Crippen LogP contribution in [0.25, 0.3) is 5.65 Å². The van der Waals surface area contributed by atoms with Crippen molar-refractivity contribution in [2.75, 3.05) is 18.6 Å². The molecule has 18 heteroatoms. The zero-order chi connectivity index (χ0) is 34.9. The Labute approximate surface area is 287 Å². The molecule has 6 rings (SSSR count). The van der Waals surface area contributed by atoms with Crippen molar-refractivity contribution >= 4 is 63.5 Å². The molecule has 0 aliphatic carbocycles. The highest BCUT2D eigenvalue weighted by molar-refractivity contribution is 8.00. The van der Waals surface area contributed by atoms with Gasteiger partial charge in [0.1, 0.15) is 48.4 Å². The van der Waals surface area contributed by atoms with E-state index in [1.807, 2.05) is 45.8 Å². The van der Waals surface area contributed by atoms with E-state index in [0.717, 1.165) is 17.2 Å². The third-order valence-electron chi connectivity index (χ3n) is 7.72. The summed E-state index contributed by atoms with van der Waals surface area (Å²) in [5.74, 6) is -2.74. The fourth-order valence-corrected chi connectivity index (χ4v) is 6.93. The fraction of sp³-hybridized carbons (Fsp3) is 0.290. The number of carbonyl (C=O) groups is 4. The van der Waals surface area contributed by atoms with Gasteiger partial charge >= 0.3 is 11.9 Å². The molecule has 2 amide bonds.